The monoisotopic (exact) mass is 306 g/mol. The Kier molecular flexibility index (Phi) is 4.33. The molecular weight excluding hydrogens is 291 g/mol. The quantitative estimate of drug-likeness (QED) is 0.755. The summed E-state index contributed by atoms with van der Waals surface area (Å²) in [5.74, 6) is -0.415. The van der Waals surface area contributed by atoms with Crippen LogP contribution in [-0.4, -0.2) is 11.4 Å². The first-order valence-electron chi connectivity index (χ1n) is 6.56. The Morgan fingerprint density at radius 2 is 1.71 bits per heavy atom. The highest BCUT2D eigenvalue weighted by Gasteiger charge is 2.18. The molecule has 0 spiro atoms. The third-order valence-electron chi connectivity index (χ3n) is 2.73. The van der Waals surface area contributed by atoms with Crippen molar-refractivity contribution >= 4 is 17.4 Å². The van der Waals surface area contributed by atoms with Gasteiger partial charge in [0.1, 0.15) is 17.2 Å². The molecule has 2 rings (SSSR count). The van der Waals surface area contributed by atoms with Crippen LogP contribution in [0, 0.1) is 5.82 Å². The largest absolute Gasteiger partial charge is 0.488 e. The molecule has 2 aromatic carbocycles. The first kappa shape index (κ1) is 15.5. The Balaban J connectivity index is 2.29. The minimum Gasteiger partial charge on any atom is -0.488 e. The van der Waals surface area contributed by atoms with Crippen LogP contribution in [0.4, 0.5) is 4.39 Å². The summed E-state index contributed by atoms with van der Waals surface area (Å²) in [6, 6.07) is 10.8. The smallest absolute Gasteiger partial charge is 0.197 e. The summed E-state index contributed by atoms with van der Waals surface area (Å²) in [5.41, 5.74) is -0.0627. The predicted molar refractivity (Wildman–Crippen MR) is 81.7 cm³/mol. The summed E-state index contributed by atoms with van der Waals surface area (Å²) in [4.78, 5) is 12.3. The number of benzene rings is 2. The van der Waals surface area contributed by atoms with Gasteiger partial charge in [-0.05, 0) is 57.2 Å². The lowest BCUT2D eigenvalue weighted by atomic mass is 10.0. The fourth-order valence-electron chi connectivity index (χ4n) is 1.89. The molecule has 0 atom stereocenters. The second-order valence-corrected chi connectivity index (χ2v) is 6.07. The number of ether oxygens (including phenoxy) is 1. The van der Waals surface area contributed by atoms with E-state index in [0.717, 1.165) is 0 Å². The molecule has 0 unspecified atom stereocenters. The molecule has 110 valence electrons. The van der Waals surface area contributed by atoms with Gasteiger partial charge in [0.15, 0.2) is 5.78 Å². The maximum atomic E-state index is 13.8. The van der Waals surface area contributed by atoms with Gasteiger partial charge in [0.25, 0.3) is 0 Å². The molecule has 0 amide bonds. The minimum atomic E-state index is -0.623. The molecule has 0 fully saturated rings. The highest BCUT2D eigenvalue weighted by Crippen LogP contribution is 2.24. The Hall–Kier alpha value is -1.87. The Labute approximate surface area is 128 Å². The second kappa shape index (κ2) is 5.86. The molecule has 0 aliphatic heterocycles. The number of carbonyl (C=O) groups is 1. The fourth-order valence-corrected chi connectivity index (χ4v) is 2.14. The molecule has 0 radical (unpaired) electrons. The van der Waals surface area contributed by atoms with E-state index in [1.165, 1.54) is 18.2 Å². The number of ketones is 1. The number of rotatable bonds is 3. The van der Waals surface area contributed by atoms with E-state index in [-0.39, 0.29) is 16.2 Å². The molecule has 0 aliphatic rings. The molecule has 0 aliphatic carbocycles. The molecule has 2 aromatic rings. The third kappa shape index (κ3) is 3.82. The van der Waals surface area contributed by atoms with Gasteiger partial charge in [-0.15, -0.1) is 0 Å². The van der Waals surface area contributed by atoms with Gasteiger partial charge in [0, 0.05) is 5.56 Å². The van der Waals surface area contributed by atoms with Crippen LogP contribution in [0.2, 0.25) is 5.02 Å². The summed E-state index contributed by atoms with van der Waals surface area (Å²) < 4.78 is 19.4. The average Bonchev–Trinajstić information content (AvgIpc) is 2.37. The van der Waals surface area contributed by atoms with Gasteiger partial charge >= 0.3 is 0 Å². The lowest BCUT2D eigenvalue weighted by Crippen LogP contribution is -2.22. The van der Waals surface area contributed by atoms with Crippen molar-refractivity contribution in [1.82, 2.24) is 0 Å². The van der Waals surface area contributed by atoms with Gasteiger partial charge in [0.2, 0.25) is 0 Å². The van der Waals surface area contributed by atoms with Crippen LogP contribution in [0.1, 0.15) is 36.7 Å². The van der Waals surface area contributed by atoms with E-state index in [4.69, 9.17) is 16.3 Å². The maximum Gasteiger partial charge on any atom is 0.197 e. The molecule has 0 N–H and O–H groups in total. The van der Waals surface area contributed by atoms with Gasteiger partial charge in [-0.2, -0.15) is 0 Å². The SMILES string of the molecule is CC(C)(C)Oc1ccc(C(=O)c2c(F)cccc2Cl)cc1. The van der Waals surface area contributed by atoms with Crippen LogP contribution in [-0.2, 0) is 0 Å². The van der Waals surface area contributed by atoms with Crippen molar-refractivity contribution in [2.45, 2.75) is 26.4 Å². The maximum absolute atomic E-state index is 13.8. The zero-order valence-corrected chi connectivity index (χ0v) is 12.9. The van der Waals surface area contributed by atoms with Crippen molar-refractivity contribution in [3.05, 3.63) is 64.4 Å². The first-order chi connectivity index (χ1) is 9.78. The lowest BCUT2D eigenvalue weighted by Gasteiger charge is -2.21. The summed E-state index contributed by atoms with van der Waals surface area (Å²) in [6.07, 6.45) is 0. The minimum absolute atomic E-state index is 0.106. The first-order valence-corrected chi connectivity index (χ1v) is 6.93. The molecule has 0 aromatic heterocycles. The molecule has 0 bridgehead atoms. The van der Waals surface area contributed by atoms with E-state index in [1.54, 1.807) is 24.3 Å². The van der Waals surface area contributed by atoms with E-state index in [0.29, 0.717) is 11.3 Å². The molecule has 21 heavy (non-hydrogen) atoms. The van der Waals surface area contributed by atoms with E-state index in [2.05, 4.69) is 0 Å². The number of hydrogen-bond donors (Lipinski definition) is 0. The van der Waals surface area contributed by atoms with Crippen molar-refractivity contribution in [2.75, 3.05) is 0 Å². The summed E-state index contributed by atoms with van der Waals surface area (Å²) in [6.45, 7) is 5.81. The number of halogens is 2. The van der Waals surface area contributed by atoms with E-state index < -0.39 is 11.6 Å². The van der Waals surface area contributed by atoms with E-state index in [1.807, 2.05) is 20.8 Å². The van der Waals surface area contributed by atoms with Crippen LogP contribution in [0.25, 0.3) is 0 Å². The van der Waals surface area contributed by atoms with Crippen LogP contribution < -0.4 is 4.74 Å². The highest BCUT2D eigenvalue weighted by atomic mass is 35.5. The Morgan fingerprint density at radius 3 is 2.24 bits per heavy atom. The van der Waals surface area contributed by atoms with E-state index >= 15 is 0 Å². The Bertz CT molecular complexity index is 637. The van der Waals surface area contributed by atoms with Crippen LogP contribution in [0.15, 0.2) is 42.5 Å². The van der Waals surface area contributed by atoms with Crippen LogP contribution >= 0.6 is 11.6 Å². The second-order valence-electron chi connectivity index (χ2n) is 5.66. The fraction of sp³-hybridized carbons (Fsp3) is 0.235. The van der Waals surface area contributed by atoms with Crippen molar-refractivity contribution in [1.29, 1.82) is 0 Å². The highest BCUT2D eigenvalue weighted by molar-refractivity contribution is 6.35. The molecular formula is C17H16ClFO2. The third-order valence-corrected chi connectivity index (χ3v) is 3.05. The van der Waals surface area contributed by atoms with Crippen molar-refractivity contribution in [2.24, 2.45) is 0 Å². The standard InChI is InChI=1S/C17H16ClFO2/c1-17(2,3)21-12-9-7-11(8-10-12)16(20)15-13(18)5-4-6-14(15)19/h4-10H,1-3H3. The van der Waals surface area contributed by atoms with E-state index in [9.17, 15) is 9.18 Å². The lowest BCUT2D eigenvalue weighted by molar-refractivity contribution is 0.103. The number of carbonyl (C=O) groups excluding carboxylic acids is 1. The molecule has 4 heteroatoms. The zero-order valence-electron chi connectivity index (χ0n) is 12.1. The van der Waals surface area contributed by atoms with Gasteiger partial charge in [0.05, 0.1) is 10.6 Å². The van der Waals surface area contributed by atoms with Gasteiger partial charge < -0.3 is 4.74 Å². The van der Waals surface area contributed by atoms with Crippen molar-refractivity contribution in [3.8, 4) is 5.75 Å². The molecule has 2 nitrogen and oxygen atoms in total. The molecule has 0 heterocycles. The van der Waals surface area contributed by atoms with Crippen molar-refractivity contribution < 1.29 is 13.9 Å². The summed E-state index contributed by atoms with van der Waals surface area (Å²) in [7, 11) is 0. The van der Waals surface area contributed by atoms with Crippen LogP contribution in [0.5, 0.6) is 5.75 Å². The van der Waals surface area contributed by atoms with Gasteiger partial charge in [-0.25, -0.2) is 4.39 Å². The van der Waals surface area contributed by atoms with Crippen molar-refractivity contribution in [3.63, 3.8) is 0 Å². The van der Waals surface area contributed by atoms with Gasteiger partial charge in [-0.1, -0.05) is 17.7 Å². The molecule has 0 saturated carbocycles. The molecule has 0 saturated heterocycles. The Morgan fingerprint density at radius 1 is 1.10 bits per heavy atom. The summed E-state index contributed by atoms with van der Waals surface area (Å²) in [5, 5.41) is 0.106. The average molecular weight is 307 g/mol. The normalized spacial score (nSPS) is 11.3. The number of hydrogen-bond acceptors (Lipinski definition) is 2. The topological polar surface area (TPSA) is 26.3 Å². The van der Waals surface area contributed by atoms with Gasteiger partial charge in [-0.3, -0.25) is 4.79 Å². The summed E-state index contributed by atoms with van der Waals surface area (Å²) >= 11 is 5.91. The predicted octanol–water partition coefficient (Wildman–Crippen LogP) is 4.89. The van der Waals surface area contributed by atoms with Crippen LogP contribution in [0.3, 0.4) is 0 Å². The zero-order chi connectivity index (χ0) is 15.6.